The Morgan fingerprint density at radius 2 is 2.18 bits per heavy atom. The molecule has 0 amide bonds. The van der Waals surface area contributed by atoms with E-state index in [1.165, 1.54) is 0 Å². The molecule has 92 valence electrons. The maximum Gasteiger partial charge on any atom is 0.309 e. The molecule has 0 N–H and O–H groups in total. The highest BCUT2D eigenvalue weighted by Gasteiger charge is 2.12. The largest absolute Gasteiger partial charge is 0.382 e. The second-order valence-corrected chi connectivity index (χ2v) is 5.54. The van der Waals surface area contributed by atoms with E-state index in [4.69, 9.17) is 4.18 Å². The lowest BCUT2D eigenvalue weighted by atomic mass is 10.3. The van der Waals surface area contributed by atoms with Gasteiger partial charge in [-0.1, -0.05) is 6.92 Å². The number of hydrogen-bond donors (Lipinski definition) is 0. The molecule has 0 spiro atoms. The standard InChI is InChI=1S/C11H14N2O3S/c1-3-6-17(14,15)16-9-4-5-11-10(7-9)12-8-13(11)2/h4-5,7-8H,3,6H2,1-2H3. The van der Waals surface area contributed by atoms with Crippen molar-refractivity contribution in [2.45, 2.75) is 13.3 Å². The third kappa shape index (κ3) is 2.58. The maximum absolute atomic E-state index is 11.5. The zero-order chi connectivity index (χ0) is 12.5. The van der Waals surface area contributed by atoms with E-state index < -0.39 is 10.1 Å². The van der Waals surface area contributed by atoms with E-state index in [0.29, 0.717) is 12.2 Å². The van der Waals surface area contributed by atoms with Crippen LogP contribution in [0.4, 0.5) is 0 Å². The summed E-state index contributed by atoms with van der Waals surface area (Å²) in [5.74, 6) is 0.331. The Kier molecular flexibility index (Phi) is 3.06. The SMILES string of the molecule is CCCS(=O)(=O)Oc1ccc2c(c1)ncn2C. The first kappa shape index (κ1) is 11.9. The summed E-state index contributed by atoms with van der Waals surface area (Å²) in [6.45, 7) is 1.79. The summed E-state index contributed by atoms with van der Waals surface area (Å²) < 4.78 is 29.8. The summed E-state index contributed by atoms with van der Waals surface area (Å²) in [4.78, 5) is 4.14. The second kappa shape index (κ2) is 4.37. The monoisotopic (exact) mass is 254 g/mol. The lowest BCUT2D eigenvalue weighted by Crippen LogP contribution is -2.12. The molecule has 0 aliphatic rings. The molecule has 0 radical (unpaired) electrons. The summed E-state index contributed by atoms with van der Waals surface area (Å²) in [6.07, 6.45) is 2.21. The highest BCUT2D eigenvalue weighted by Crippen LogP contribution is 2.20. The van der Waals surface area contributed by atoms with Crippen LogP contribution in [0.5, 0.6) is 5.75 Å². The fraction of sp³-hybridized carbons (Fsp3) is 0.364. The van der Waals surface area contributed by atoms with Gasteiger partial charge in [-0.15, -0.1) is 0 Å². The minimum Gasteiger partial charge on any atom is -0.382 e. The van der Waals surface area contributed by atoms with Crippen molar-refractivity contribution in [2.75, 3.05) is 5.75 Å². The molecular formula is C11H14N2O3S. The Morgan fingerprint density at radius 3 is 2.88 bits per heavy atom. The predicted octanol–water partition coefficient (Wildman–Crippen LogP) is 1.69. The Morgan fingerprint density at radius 1 is 1.41 bits per heavy atom. The van der Waals surface area contributed by atoms with Crippen molar-refractivity contribution in [1.82, 2.24) is 9.55 Å². The molecule has 0 unspecified atom stereocenters. The van der Waals surface area contributed by atoms with E-state index >= 15 is 0 Å². The number of aryl methyl sites for hydroxylation is 1. The minimum absolute atomic E-state index is 0.0211. The number of nitrogens with zero attached hydrogens (tertiary/aromatic N) is 2. The van der Waals surface area contributed by atoms with Crippen LogP contribution in [0.3, 0.4) is 0 Å². The van der Waals surface area contributed by atoms with E-state index in [2.05, 4.69) is 4.98 Å². The molecule has 17 heavy (non-hydrogen) atoms. The van der Waals surface area contributed by atoms with Crippen LogP contribution in [0, 0.1) is 0 Å². The van der Waals surface area contributed by atoms with E-state index in [-0.39, 0.29) is 5.75 Å². The summed E-state index contributed by atoms with van der Waals surface area (Å²) in [5, 5.41) is 0. The maximum atomic E-state index is 11.5. The molecule has 0 fully saturated rings. The lowest BCUT2D eigenvalue weighted by Gasteiger charge is -2.05. The normalized spacial score (nSPS) is 11.9. The first-order valence-corrected chi connectivity index (χ1v) is 6.93. The first-order valence-electron chi connectivity index (χ1n) is 5.35. The van der Waals surface area contributed by atoms with Crippen LogP contribution >= 0.6 is 0 Å². The second-order valence-electron chi connectivity index (χ2n) is 3.85. The van der Waals surface area contributed by atoms with Gasteiger partial charge in [0.25, 0.3) is 0 Å². The van der Waals surface area contributed by atoms with Gasteiger partial charge in [-0.2, -0.15) is 8.42 Å². The van der Waals surface area contributed by atoms with Crippen LogP contribution in [0.15, 0.2) is 24.5 Å². The molecule has 6 heteroatoms. The van der Waals surface area contributed by atoms with E-state index in [9.17, 15) is 8.42 Å². The predicted molar refractivity (Wildman–Crippen MR) is 65.4 cm³/mol. The van der Waals surface area contributed by atoms with Crippen LogP contribution in [0.25, 0.3) is 11.0 Å². The average Bonchev–Trinajstić information content (AvgIpc) is 2.59. The van der Waals surface area contributed by atoms with Crippen LogP contribution in [-0.4, -0.2) is 23.7 Å². The lowest BCUT2D eigenvalue weighted by molar-refractivity contribution is 0.485. The van der Waals surface area contributed by atoms with Gasteiger partial charge in [-0.25, -0.2) is 4.98 Å². The van der Waals surface area contributed by atoms with Gasteiger partial charge in [0.15, 0.2) is 0 Å². The van der Waals surface area contributed by atoms with Crippen LogP contribution < -0.4 is 4.18 Å². The van der Waals surface area contributed by atoms with Crippen LogP contribution in [0.2, 0.25) is 0 Å². The smallest absolute Gasteiger partial charge is 0.309 e. The van der Waals surface area contributed by atoms with Gasteiger partial charge in [0, 0.05) is 13.1 Å². The zero-order valence-corrected chi connectivity index (χ0v) is 10.6. The highest BCUT2D eigenvalue weighted by molar-refractivity contribution is 7.87. The van der Waals surface area contributed by atoms with Crippen LogP contribution in [0.1, 0.15) is 13.3 Å². The topological polar surface area (TPSA) is 61.2 Å². The summed E-state index contributed by atoms with van der Waals surface area (Å²) in [5.41, 5.74) is 1.65. The van der Waals surface area contributed by atoms with Gasteiger partial charge < -0.3 is 8.75 Å². The number of rotatable bonds is 4. The molecular weight excluding hydrogens is 240 g/mol. The average molecular weight is 254 g/mol. The minimum atomic E-state index is -3.48. The Hall–Kier alpha value is -1.56. The molecule has 0 bridgehead atoms. The van der Waals surface area contributed by atoms with Gasteiger partial charge in [0.05, 0.1) is 23.1 Å². The van der Waals surface area contributed by atoms with Crippen molar-refractivity contribution < 1.29 is 12.6 Å². The number of imidazole rings is 1. The Balaban J connectivity index is 2.31. The first-order chi connectivity index (χ1) is 8.02. The van der Waals surface area contributed by atoms with E-state index in [1.807, 2.05) is 11.6 Å². The van der Waals surface area contributed by atoms with Crippen LogP contribution in [-0.2, 0) is 17.2 Å². The fourth-order valence-electron chi connectivity index (χ4n) is 1.61. The number of aromatic nitrogens is 2. The molecule has 0 saturated carbocycles. The Bertz CT molecular complexity index is 631. The third-order valence-electron chi connectivity index (χ3n) is 2.37. The number of benzene rings is 1. The molecule has 2 rings (SSSR count). The van der Waals surface area contributed by atoms with E-state index in [0.717, 1.165) is 11.0 Å². The Labute approximate surface area is 100 Å². The third-order valence-corrected chi connectivity index (χ3v) is 3.73. The quantitative estimate of drug-likeness (QED) is 0.779. The zero-order valence-electron chi connectivity index (χ0n) is 9.75. The van der Waals surface area contributed by atoms with Crippen molar-refractivity contribution in [3.63, 3.8) is 0 Å². The highest BCUT2D eigenvalue weighted by atomic mass is 32.2. The van der Waals surface area contributed by atoms with Gasteiger partial charge in [0.1, 0.15) is 5.75 Å². The van der Waals surface area contributed by atoms with Crippen molar-refractivity contribution >= 4 is 21.2 Å². The fourth-order valence-corrected chi connectivity index (χ4v) is 2.59. The molecule has 0 aliphatic heterocycles. The summed E-state index contributed by atoms with van der Waals surface area (Å²) in [6, 6.07) is 5.05. The molecule has 0 atom stereocenters. The van der Waals surface area contributed by atoms with Gasteiger partial charge in [0.2, 0.25) is 0 Å². The molecule has 1 aromatic heterocycles. The molecule has 0 saturated heterocycles. The van der Waals surface area contributed by atoms with Crippen molar-refractivity contribution in [1.29, 1.82) is 0 Å². The summed E-state index contributed by atoms with van der Waals surface area (Å²) in [7, 11) is -1.60. The number of hydrogen-bond acceptors (Lipinski definition) is 4. The van der Waals surface area contributed by atoms with Gasteiger partial charge >= 0.3 is 10.1 Å². The van der Waals surface area contributed by atoms with Gasteiger partial charge in [-0.05, 0) is 18.6 Å². The van der Waals surface area contributed by atoms with Crippen molar-refractivity contribution in [3.8, 4) is 5.75 Å². The molecule has 1 aromatic carbocycles. The van der Waals surface area contributed by atoms with E-state index in [1.54, 1.807) is 31.5 Å². The summed E-state index contributed by atoms with van der Waals surface area (Å²) >= 11 is 0. The number of fused-ring (bicyclic) bond motifs is 1. The van der Waals surface area contributed by atoms with Crippen molar-refractivity contribution in [3.05, 3.63) is 24.5 Å². The molecule has 5 nitrogen and oxygen atoms in total. The molecule has 0 aliphatic carbocycles. The molecule has 1 heterocycles. The van der Waals surface area contributed by atoms with Crippen molar-refractivity contribution in [2.24, 2.45) is 7.05 Å². The van der Waals surface area contributed by atoms with Gasteiger partial charge in [-0.3, -0.25) is 0 Å². The molecule has 2 aromatic rings.